The minimum Gasteiger partial charge on any atom is -0.452 e. The van der Waals surface area contributed by atoms with Gasteiger partial charge in [0.15, 0.2) is 6.10 Å². The van der Waals surface area contributed by atoms with Crippen molar-refractivity contribution in [3.63, 3.8) is 0 Å². The van der Waals surface area contributed by atoms with Gasteiger partial charge in [0.25, 0.3) is 0 Å². The first-order valence-corrected chi connectivity index (χ1v) is 6.19. The Balaban J connectivity index is 2.10. The van der Waals surface area contributed by atoms with Crippen LogP contribution in [0.15, 0.2) is 35.8 Å². The van der Waals surface area contributed by atoms with Gasteiger partial charge in [-0.2, -0.15) is 5.26 Å². The number of benzene rings is 1. The molecule has 0 N–H and O–H groups in total. The van der Waals surface area contributed by atoms with Crippen molar-refractivity contribution in [2.24, 2.45) is 0 Å². The van der Waals surface area contributed by atoms with E-state index in [2.05, 4.69) is 4.98 Å². The molecule has 0 saturated carbocycles. The number of aromatic nitrogens is 1. The Morgan fingerprint density at radius 2 is 2.39 bits per heavy atom. The summed E-state index contributed by atoms with van der Waals surface area (Å²) < 4.78 is 5.28. The molecule has 2 rings (SSSR count). The molecule has 90 valence electrons. The van der Waals surface area contributed by atoms with Crippen molar-refractivity contribution in [2.75, 3.05) is 0 Å². The monoisotopic (exact) mass is 258 g/mol. The van der Waals surface area contributed by atoms with Crippen LogP contribution < -0.4 is 0 Å². The number of nitriles is 1. The lowest BCUT2D eigenvalue weighted by atomic mass is 10.1. The van der Waals surface area contributed by atoms with Crippen LogP contribution in [0, 0.1) is 11.3 Å². The molecule has 0 saturated heterocycles. The van der Waals surface area contributed by atoms with Crippen LogP contribution >= 0.6 is 11.3 Å². The summed E-state index contributed by atoms with van der Waals surface area (Å²) in [7, 11) is 0. The second-order valence-corrected chi connectivity index (χ2v) is 4.54. The zero-order valence-corrected chi connectivity index (χ0v) is 10.5. The highest BCUT2D eigenvalue weighted by Gasteiger charge is 2.15. The van der Waals surface area contributed by atoms with Crippen LogP contribution in [0.3, 0.4) is 0 Å². The standard InChI is InChI=1S/C13H10N2O2S/c1-9(12-15-5-6-18-12)17-13(16)11-4-2-3-10(7-11)8-14/h2-7,9H,1H3/t9-/m0/s1. The third kappa shape index (κ3) is 2.73. The number of hydrogen-bond acceptors (Lipinski definition) is 5. The second-order valence-electron chi connectivity index (χ2n) is 3.61. The Morgan fingerprint density at radius 3 is 3.06 bits per heavy atom. The summed E-state index contributed by atoms with van der Waals surface area (Å²) in [5.41, 5.74) is 0.809. The lowest BCUT2D eigenvalue weighted by molar-refractivity contribution is 0.0337. The van der Waals surface area contributed by atoms with E-state index in [0.717, 1.165) is 5.01 Å². The van der Waals surface area contributed by atoms with Gasteiger partial charge in [-0.1, -0.05) is 6.07 Å². The first-order valence-electron chi connectivity index (χ1n) is 5.31. The molecule has 0 spiro atoms. The molecule has 18 heavy (non-hydrogen) atoms. The van der Waals surface area contributed by atoms with E-state index in [1.807, 2.05) is 11.4 Å². The zero-order valence-electron chi connectivity index (χ0n) is 9.66. The second kappa shape index (κ2) is 5.43. The highest BCUT2D eigenvalue weighted by Crippen LogP contribution is 2.20. The normalized spacial score (nSPS) is 11.6. The molecular weight excluding hydrogens is 248 g/mol. The minimum absolute atomic E-state index is 0.373. The molecule has 5 heteroatoms. The molecule has 0 aliphatic rings. The van der Waals surface area contributed by atoms with Gasteiger partial charge in [-0.25, -0.2) is 9.78 Å². The maximum absolute atomic E-state index is 11.9. The SMILES string of the molecule is C[C@H](OC(=O)c1cccc(C#N)c1)c1nccs1. The van der Waals surface area contributed by atoms with Crippen molar-refractivity contribution in [1.82, 2.24) is 4.98 Å². The fourth-order valence-corrected chi connectivity index (χ4v) is 2.05. The third-order valence-corrected chi connectivity index (χ3v) is 3.25. The zero-order chi connectivity index (χ0) is 13.0. The van der Waals surface area contributed by atoms with Crippen molar-refractivity contribution in [1.29, 1.82) is 5.26 Å². The molecule has 0 unspecified atom stereocenters. The number of esters is 1. The van der Waals surface area contributed by atoms with Crippen LogP contribution in [-0.2, 0) is 4.74 Å². The van der Waals surface area contributed by atoms with Crippen LogP contribution in [-0.4, -0.2) is 11.0 Å². The number of hydrogen-bond donors (Lipinski definition) is 0. The number of carbonyl (C=O) groups excluding carboxylic acids is 1. The molecule has 4 nitrogen and oxygen atoms in total. The van der Waals surface area contributed by atoms with E-state index >= 15 is 0 Å². The third-order valence-electron chi connectivity index (χ3n) is 2.31. The minimum atomic E-state index is -0.449. The molecule has 0 fully saturated rings. The van der Waals surface area contributed by atoms with Crippen LogP contribution in [0.2, 0.25) is 0 Å². The van der Waals surface area contributed by atoms with Crippen LogP contribution in [0.25, 0.3) is 0 Å². The quantitative estimate of drug-likeness (QED) is 0.794. The lowest BCUT2D eigenvalue weighted by Gasteiger charge is -2.10. The summed E-state index contributed by atoms with van der Waals surface area (Å²) >= 11 is 1.44. The predicted octanol–water partition coefficient (Wildman–Crippen LogP) is 2.93. The Kier molecular flexibility index (Phi) is 3.70. The molecule has 1 atom stereocenters. The van der Waals surface area contributed by atoms with Crippen molar-refractivity contribution in [3.05, 3.63) is 52.0 Å². The van der Waals surface area contributed by atoms with Crippen LogP contribution in [0.5, 0.6) is 0 Å². The fraction of sp³-hybridized carbons (Fsp3) is 0.154. The summed E-state index contributed by atoms with van der Waals surface area (Å²) in [5, 5.41) is 11.3. The molecule has 0 aliphatic heterocycles. The Morgan fingerprint density at radius 1 is 1.56 bits per heavy atom. The lowest BCUT2D eigenvalue weighted by Crippen LogP contribution is -2.09. The molecular formula is C13H10N2O2S. The maximum Gasteiger partial charge on any atom is 0.338 e. The number of carbonyl (C=O) groups is 1. The Labute approximate surface area is 108 Å². The van der Waals surface area contributed by atoms with Crippen LogP contribution in [0.1, 0.15) is 34.0 Å². The largest absolute Gasteiger partial charge is 0.452 e. The van der Waals surface area contributed by atoms with Crippen molar-refractivity contribution < 1.29 is 9.53 Å². The number of rotatable bonds is 3. The van der Waals surface area contributed by atoms with E-state index in [-0.39, 0.29) is 6.10 Å². The van der Waals surface area contributed by atoms with Gasteiger partial charge in [-0.15, -0.1) is 11.3 Å². The van der Waals surface area contributed by atoms with E-state index < -0.39 is 5.97 Å². The number of thiazole rings is 1. The average Bonchev–Trinajstić information content (AvgIpc) is 2.92. The first kappa shape index (κ1) is 12.3. The summed E-state index contributed by atoms with van der Waals surface area (Å²) in [6.45, 7) is 1.77. The summed E-state index contributed by atoms with van der Waals surface area (Å²) in [4.78, 5) is 15.9. The van der Waals surface area contributed by atoms with Crippen molar-refractivity contribution in [3.8, 4) is 6.07 Å². The van der Waals surface area contributed by atoms with Crippen molar-refractivity contribution >= 4 is 17.3 Å². The van der Waals surface area contributed by atoms with Gasteiger partial charge in [0.05, 0.1) is 17.2 Å². The van der Waals surface area contributed by atoms with E-state index in [1.54, 1.807) is 31.3 Å². The van der Waals surface area contributed by atoms with Gasteiger partial charge in [0.1, 0.15) is 5.01 Å². The highest BCUT2D eigenvalue weighted by molar-refractivity contribution is 7.09. The van der Waals surface area contributed by atoms with Gasteiger partial charge >= 0.3 is 5.97 Å². The summed E-state index contributed by atoms with van der Waals surface area (Å²) in [6.07, 6.45) is 1.28. The molecule has 2 aromatic rings. The maximum atomic E-state index is 11.9. The van der Waals surface area contributed by atoms with E-state index in [0.29, 0.717) is 11.1 Å². The molecule has 1 aromatic heterocycles. The van der Waals surface area contributed by atoms with Gasteiger partial charge in [0.2, 0.25) is 0 Å². The molecule has 0 bridgehead atoms. The Bertz CT molecular complexity index is 587. The van der Waals surface area contributed by atoms with E-state index in [1.165, 1.54) is 17.4 Å². The first-order chi connectivity index (χ1) is 8.70. The van der Waals surface area contributed by atoms with Gasteiger partial charge < -0.3 is 4.74 Å². The van der Waals surface area contributed by atoms with Gasteiger partial charge in [-0.3, -0.25) is 0 Å². The van der Waals surface area contributed by atoms with Crippen molar-refractivity contribution in [2.45, 2.75) is 13.0 Å². The van der Waals surface area contributed by atoms with E-state index in [4.69, 9.17) is 10.00 Å². The van der Waals surface area contributed by atoms with Gasteiger partial charge in [0, 0.05) is 11.6 Å². The average molecular weight is 258 g/mol. The van der Waals surface area contributed by atoms with Gasteiger partial charge in [-0.05, 0) is 25.1 Å². The topological polar surface area (TPSA) is 63.0 Å². The number of nitrogens with zero attached hydrogens (tertiary/aromatic N) is 2. The fourth-order valence-electron chi connectivity index (χ4n) is 1.43. The summed E-state index contributed by atoms with van der Waals surface area (Å²) in [5.74, 6) is -0.449. The summed E-state index contributed by atoms with van der Waals surface area (Å²) in [6, 6.07) is 8.41. The highest BCUT2D eigenvalue weighted by atomic mass is 32.1. The smallest absolute Gasteiger partial charge is 0.338 e. The van der Waals surface area contributed by atoms with E-state index in [9.17, 15) is 4.79 Å². The molecule has 0 aliphatic carbocycles. The predicted molar refractivity (Wildman–Crippen MR) is 67.1 cm³/mol. The van der Waals surface area contributed by atoms with Crippen LogP contribution in [0.4, 0.5) is 0 Å². The number of ether oxygens (including phenoxy) is 1. The molecule has 0 amide bonds. The Hall–Kier alpha value is -2.19. The molecule has 1 aromatic carbocycles. The molecule has 0 radical (unpaired) electrons. The molecule has 1 heterocycles.